The molecule has 10 heteroatoms. The van der Waals surface area contributed by atoms with Gasteiger partial charge in [-0.3, -0.25) is 14.5 Å². The molecule has 166 valence electrons. The smallest absolute Gasteiger partial charge is 0.252 e. The molecule has 9 nitrogen and oxygen atoms in total. The van der Waals surface area contributed by atoms with E-state index in [9.17, 15) is 14.3 Å². The number of halogens is 1. The van der Waals surface area contributed by atoms with Gasteiger partial charge in [-0.1, -0.05) is 18.2 Å². The Morgan fingerprint density at radius 3 is 2.88 bits per heavy atom. The van der Waals surface area contributed by atoms with Crippen LogP contribution in [0.3, 0.4) is 0 Å². The highest BCUT2D eigenvalue weighted by Gasteiger charge is 2.26. The Morgan fingerprint density at radius 2 is 2.06 bits per heavy atom. The molecule has 1 aliphatic rings. The largest absolute Gasteiger partial charge is 0.503 e. The minimum atomic E-state index is -0.663. The predicted molar refractivity (Wildman–Crippen MR) is 118 cm³/mol. The third kappa shape index (κ3) is 3.86. The Hall–Kier alpha value is -4.34. The second kappa shape index (κ2) is 8.30. The van der Waals surface area contributed by atoms with Crippen LogP contribution in [0.5, 0.6) is 5.75 Å². The van der Waals surface area contributed by atoms with Crippen LogP contribution in [0.25, 0.3) is 11.5 Å². The number of aromatic hydroxyl groups is 1. The van der Waals surface area contributed by atoms with Crippen molar-refractivity contribution in [3.05, 3.63) is 77.1 Å². The number of carbonyl (C=O) groups is 1. The summed E-state index contributed by atoms with van der Waals surface area (Å²) in [7, 11) is 0. The summed E-state index contributed by atoms with van der Waals surface area (Å²) in [6, 6.07) is 8.18. The number of anilines is 2. The molecule has 3 aromatic heterocycles. The van der Waals surface area contributed by atoms with Gasteiger partial charge in [0.15, 0.2) is 17.4 Å². The molecule has 5 rings (SSSR count). The topological polar surface area (TPSA) is 132 Å². The number of nitrogens with two attached hydrogens (primary N) is 1. The van der Waals surface area contributed by atoms with E-state index in [1.54, 1.807) is 28.9 Å². The molecule has 0 atom stereocenters. The number of carbonyl (C=O) groups excluding carboxylic acids is 1. The van der Waals surface area contributed by atoms with Crippen molar-refractivity contribution >= 4 is 17.4 Å². The van der Waals surface area contributed by atoms with Gasteiger partial charge in [0, 0.05) is 29.2 Å². The van der Waals surface area contributed by atoms with Crippen molar-refractivity contribution < 1.29 is 14.3 Å². The van der Waals surface area contributed by atoms with Crippen molar-refractivity contribution in [2.24, 2.45) is 5.73 Å². The maximum absolute atomic E-state index is 14.2. The van der Waals surface area contributed by atoms with Gasteiger partial charge in [-0.2, -0.15) is 5.10 Å². The number of primary amides is 1. The predicted octanol–water partition coefficient (Wildman–Crippen LogP) is 2.96. The van der Waals surface area contributed by atoms with E-state index in [1.165, 1.54) is 24.7 Å². The van der Waals surface area contributed by atoms with Crippen LogP contribution in [0.15, 0.2) is 48.9 Å². The highest BCUT2D eigenvalue weighted by Crippen LogP contribution is 2.33. The number of nitrogens with zero attached hydrogens (tertiary/aromatic N) is 5. The van der Waals surface area contributed by atoms with Crippen molar-refractivity contribution in [2.75, 3.05) is 5.32 Å². The number of fused-ring (bicyclic) bond motifs is 1. The third-order valence-electron chi connectivity index (χ3n) is 5.61. The summed E-state index contributed by atoms with van der Waals surface area (Å²) in [5.41, 5.74) is 9.11. The zero-order valence-corrected chi connectivity index (χ0v) is 17.5. The first kappa shape index (κ1) is 20.6. The van der Waals surface area contributed by atoms with E-state index in [4.69, 9.17) is 10.8 Å². The van der Waals surface area contributed by atoms with Crippen LogP contribution in [0.2, 0.25) is 0 Å². The maximum atomic E-state index is 14.2. The van der Waals surface area contributed by atoms with E-state index in [2.05, 4.69) is 20.3 Å². The van der Waals surface area contributed by atoms with E-state index in [1.807, 2.05) is 0 Å². The molecule has 0 bridgehead atoms. The molecule has 3 heterocycles. The number of aromatic nitrogens is 5. The average Bonchev–Trinajstić information content (AvgIpc) is 3.41. The molecule has 4 aromatic rings. The van der Waals surface area contributed by atoms with Crippen molar-refractivity contribution in [3.63, 3.8) is 0 Å². The second-order valence-corrected chi connectivity index (χ2v) is 7.71. The molecule has 0 radical (unpaired) electrons. The molecule has 1 aliphatic carbocycles. The molecular formula is C23H20FN7O2. The van der Waals surface area contributed by atoms with Gasteiger partial charge in [0.25, 0.3) is 5.91 Å². The van der Waals surface area contributed by atoms with Crippen molar-refractivity contribution in [1.29, 1.82) is 0 Å². The van der Waals surface area contributed by atoms with Crippen LogP contribution in [-0.2, 0) is 19.4 Å². The summed E-state index contributed by atoms with van der Waals surface area (Å²) in [4.78, 5) is 24.3. The fourth-order valence-corrected chi connectivity index (χ4v) is 4.02. The van der Waals surface area contributed by atoms with Crippen LogP contribution < -0.4 is 11.1 Å². The van der Waals surface area contributed by atoms with Crippen LogP contribution in [0.4, 0.5) is 15.9 Å². The van der Waals surface area contributed by atoms with E-state index in [-0.39, 0.29) is 22.9 Å². The van der Waals surface area contributed by atoms with Crippen LogP contribution in [0.1, 0.15) is 33.6 Å². The monoisotopic (exact) mass is 445 g/mol. The zero-order chi connectivity index (χ0) is 22.9. The summed E-state index contributed by atoms with van der Waals surface area (Å²) in [5.74, 6) is -0.728. The summed E-state index contributed by atoms with van der Waals surface area (Å²) >= 11 is 0. The summed E-state index contributed by atoms with van der Waals surface area (Å²) in [6.07, 6.45) is 6.70. The lowest BCUT2D eigenvalue weighted by Gasteiger charge is -2.11. The number of pyridine rings is 1. The second-order valence-electron chi connectivity index (χ2n) is 7.71. The van der Waals surface area contributed by atoms with Crippen molar-refractivity contribution in [1.82, 2.24) is 24.7 Å². The molecule has 0 fully saturated rings. The van der Waals surface area contributed by atoms with Gasteiger partial charge in [0.1, 0.15) is 11.5 Å². The first-order chi connectivity index (χ1) is 16.0. The zero-order valence-electron chi connectivity index (χ0n) is 17.5. The SMILES string of the molecule is NC(=O)c1cnccc1Nc1nc(-c2nn(Cc3ccccc3F)c3c2CCC3)ncc1O. The van der Waals surface area contributed by atoms with Crippen molar-refractivity contribution in [2.45, 2.75) is 25.8 Å². The van der Waals surface area contributed by atoms with Crippen LogP contribution >= 0.6 is 0 Å². The summed E-state index contributed by atoms with van der Waals surface area (Å²) in [6.45, 7) is 0.303. The van der Waals surface area contributed by atoms with Gasteiger partial charge in [-0.15, -0.1) is 0 Å². The lowest BCUT2D eigenvalue weighted by Crippen LogP contribution is -2.14. The van der Waals surface area contributed by atoms with E-state index in [0.29, 0.717) is 29.3 Å². The minimum absolute atomic E-state index is 0.101. The Morgan fingerprint density at radius 1 is 1.21 bits per heavy atom. The average molecular weight is 445 g/mol. The van der Waals surface area contributed by atoms with Gasteiger partial charge < -0.3 is 16.2 Å². The van der Waals surface area contributed by atoms with Gasteiger partial charge in [0.05, 0.1) is 24.0 Å². The number of hydrogen-bond acceptors (Lipinski definition) is 7. The van der Waals surface area contributed by atoms with E-state index < -0.39 is 5.91 Å². The molecular weight excluding hydrogens is 425 g/mol. The van der Waals surface area contributed by atoms with Gasteiger partial charge in [-0.25, -0.2) is 14.4 Å². The highest BCUT2D eigenvalue weighted by molar-refractivity contribution is 5.98. The fraction of sp³-hybridized carbons (Fsp3) is 0.174. The van der Waals surface area contributed by atoms with E-state index >= 15 is 0 Å². The Balaban J connectivity index is 1.52. The number of hydrogen-bond donors (Lipinski definition) is 3. The summed E-state index contributed by atoms with van der Waals surface area (Å²) in [5, 5.41) is 17.9. The van der Waals surface area contributed by atoms with Gasteiger partial charge in [0.2, 0.25) is 0 Å². The minimum Gasteiger partial charge on any atom is -0.503 e. The maximum Gasteiger partial charge on any atom is 0.252 e. The number of amides is 1. The molecule has 33 heavy (non-hydrogen) atoms. The molecule has 0 saturated heterocycles. The highest BCUT2D eigenvalue weighted by atomic mass is 19.1. The standard InChI is InChI=1S/C23H20FN7O2/c24-16-6-2-1-4-13(16)12-31-18-7-3-5-14(18)20(30-31)23-27-11-19(32)22(29-23)28-17-8-9-26-10-15(17)21(25)33/h1-2,4,6,8-11,32H,3,5,7,12H2,(H2,25,33)(H,26,27,28,29). The quantitative estimate of drug-likeness (QED) is 0.416. The lowest BCUT2D eigenvalue weighted by molar-refractivity contribution is 0.100. The first-order valence-corrected chi connectivity index (χ1v) is 10.4. The molecule has 0 unspecified atom stereocenters. The first-order valence-electron chi connectivity index (χ1n) is 10.4. The molecule has 1 aromatic carbocycles. The third-order valence-corrected chi connectivity index (χ3v) is 5.61. The molecule has 4 N–H and O–H groups in total. The normalized spacial score (nSPS) is 12.5. The van der Waals surface area contributed by atoms with Crippen LogP contribution in [0, 0.1) is 5.82 Å². The number of nitrogens with one attached hydrogen (secondary N) is 1. The Bertz CT molecular complexity index is 1370. The molecule has 0 saturated carbocycles. The molecule has 0 spiro atoms. The van der Waals surface area contributed by atoms with Crippen LogP contribution in [-0.4, -0.2) is 35.7 Å². The lowest BCUT2D eigenvalue weighted by atomic mass is 10.2. The fourth-order valence-electron chi connectivity index (χ4n) is 4.02. The van der Waals surface area contributed by atoms with Gasteiger partial charge >= 0.3 is 0 Å². The van der Waals surface area contributed by atoms with E-state index in [0.717, 1.165) is 30.5 Å². The Kier molecular flexibility index (Phi) is 5.17. The molecule has 1 amide bonds. The van der Waals surface area contributed by atoms with Crippen molar-refractivity contribution in [3.8, 4) is 17.3 Å². The number of rotatable bonds is 6. The summed E-state index contributed by atoms with van der Waals surface area (Å²) < 4.78 is 16.0. The Labute approximate surface area is 188 Å². The molecule has 0 aliphatic heterocycles. The number of benzene rings is 1. The van der Waals surface area contributed by atoms with Gasteiger partial charge in [-0.05, 0) is 31.4 Å².